The highest BCUT2D eigenvalue weighted by Gasteiger charge is 2.17. The molecule has 0 aromatic carbocycles. The predicted octanol–water partition coefficient (Wildman–Crippen LogP) is 0.637. The van der Waals surface area contributed by atoms with Crippen molar-refractivity contribution in [1.82, 2.24) is 10.2 Å². The number of nitrogens with zero attached hydrogens (tertiary/aromatic N) is 1. The molecule has 84 valence electrons. The summed E-state index contributed by atoms with van der Waals surface area (Å²) in [5.41, 5.74) is 0. The lowest BCUT2D eigenvalue weighted by Gasteiger charge is -2.23. The summed E-state index contributed by atoms with van der Waals surface area (Å²) in [4.78, 5) is 12.9. The van der Waals surface area contributed by atoms with Crippen molar-refractivity contribution in [2.24, 2.45) is 5.92 Å². The molecule has 0 aliphatic carbocycles. The third-order valence-corrected chi connectivity index (χ3v) is 1.92. The maximum atomic E-state index is 10.8. The molecule has 0 amide bonds. The van der Waals surface area contributed by atoms with Gasteiger partial charge in [-0.3, -0.25) is 4.79 Å². The van der Waals surface area contributed by atoms with Crippen molar-refractivity contribution in [2.45, 2.75) is 26.8 Å². The van der Waals surface area contributed by atoms with E-state index in [4.69, 9.17) is 5.11 Å². The molecule has 0 spiro atoms. The summed E-state index contributed by atoms with van der Waals surface area (Å²) in [6.45, 7) is 8.33. The highest BCUT2D eigenvalue weighted by atomic mass is 16.4. The van der Waals surface area contributed by atoms with Crippen LogP contribution in [-0.2, 0) is 4.79 Å². The second-order valence-corrected chi connectivity index (χ2v) is 4.06. The van der Waals surface area contributed by atoms with E-state index in [0.717, 1.165) is 6.54 Å². The van der Waals surface area contributed by atoms with Gasteiger partial charge in [-0.2, -0.15) is 0 Å². The van der Waals surface area contributed by atoms with Crippen LogP contribution in [0.4, 0.5) is 0 Å². The first-order chi connectivity index (χ1) is 6.47. The average molecular weight is 202 g/mol. The summed E-state index contributed by atoms with van der Waals surface area (Å²) < 4.78 is 0. The molecule has 0 saturated carbocycles. The maximum Gasteiger partial charge on any atom is 0.322 e. The van der Waals surface area contributed by atoms with E-state index in [1.165, 1.54) is 0 Å². The molecular weight excluding hydrogens is 180 g/mol. The molecule has 0 aromatic rings. The van der Waals surface area contributed by atoms with Crippen molar-refractivity contribution >= 4 is 5.97 Å². The van der Waals surface area contributed by atoms with Crippen LogP contribution >= 0.6 is 0 Å². The standard InChI is InChI=1S/C10H22N2O2/c1-5-11-9(10(13)14)7-12(4)6-8(2)3/h8-9,11H,5-7H2,1-4H3,(H,13,14). The minimum Gasteiger partial charge on any atom is -0.480 e. The van der Waals surface area contributed by atoms with Gasteiger partial charge in [-0.15, -0.1) is 0 Å². The second kappa shape index (κ2) is 6.79. The normalized spacial score (nSPS) is 13.6. The van der Waals surface area contributed by atoms with E-state index < -0.39 is 12.0 Å². The molecule has 0 aliphatic rings. The molecule has 0 fully saturated rings. The van der Waals surface area contributed by atoms with Crippen molar-refractivity contribution < 1.29 is 9.90 Å². The third kappa shape index (κ3) is 5.94. The number of carboxylic acid groups (broad SMARTS) is 1. The van der Waals surface area contributed by atoms with Gasteiger partial charge in [0, 0.05) is 13.1 Å². The molecule has 0 saturated heterocycles. The van der Waals surface area contributed by atoms with Gasteiger partial charge in [-0.05, 0) is 19.5 Å². The quantitative estimate of drug-likeness (QED) is 0.636. The fourth-order valence-corrected chi connectivity index (χ4v) is 1.49. The van der Waals surface area contributed by atoms with Crippen molar-refractivity contribution in [3.8, 4) is 0 Å². The molecule has 0 heterocycles. The lowest BCUT2D eigenvalue weighted by Crippen LogP contribution is -2.45. The Labute approximate surface area is 86.3 Å². The molecule has 0 bridgehead atoms. The monoisotopic (exact) mass is 202 g/mol. The molecule has 4 heteroatoms. The van der Waals surface area contributed by atoms with Crippen LogP contribution < -0.4 is 5.32 Å². The fourth-order valence-electron chi connectivity index (χ4n) is 1.49. The largest absolute Gasteiger partial charge is 0.480 e. The molecular formula is C10H22N2O2. The zero-order valence-corrected chi connectivity index (χ0v) is 9.58. The molecule has 2 N–H and O–H groups in total. The number of nitrogens with one attached hydrogen (secondary N) is 1. The van der Waals surface area contributed by atoms with E-state index in [1.807, 2.05) is 18.9 Å². The second-order valence-electron chi connectivity index (χ2n) is 4.06. The molecule has 0 radical (unpaired) electrons. The molecule has 0 aromatic heterocycles. The number of hydrogen-bond donors (Lipinski definition) is 2. The third-order valence-electron chi connectivity index (χ3n) is 1.92. The molecule has 0 rings (SSSR count). The number of likely N-dealkylation sites (N-methyl/N-ethyl adjacent to an activating group) is 2. The van der Waals surface area contributed by atoms with Crippen molar-refractivity contribution in [3.63, 3.8) is 0 Å². The Morgan fingerprint density at radius 3 is 2.36 bits per heavy atom. The Balaban J connectivity index is 3.95. The Morgan fingerprint density at radius 1 is 1.43 bits per heavy atom. The maximum absolute atomic E-state index is 10.8. The summed E-state index contributed by atoms with van der Waals surface area (Å²) >= 11 is 0. The van der Waals surface area contributed by atoms with Crippen LogP contribution in [0.25, 0.3) is 0 Å². The van der Waals surface area contributed by atoms with Crippen molar-refractivity contribution in [3.05, 3.63) is 0 Å². The van der Waals surface area contributed by atoms with Gasteiger partial charge < -0.3 is 15.3 Å². The van der Waals surface area contributed by atoms with Gasteiger partial charge in [-0.25, -0.2) is 0 Å². The SMILES string of the molecule is CCNC(CN(C)CC(C)C)C(=O)O. The van der Waals surface area contributed by atoms with Crippen LogP contribution in [0.5, 0.6) is 0 Å². The number of hydrogen-bond acceptors (Lipinski definition) is 3. The highest BCUT2D eigenvalue weighted by molar-refractivity contribution is 5.73. The molecule has 0 aliphatic heterocycles. The minimum absolute atomic E-state index is 0.455. The van der Waals surface area contributed by atoms with E-state index in [0.29, 0.717) is 19.0 Å². The van der Waals surface area contributed by atoms with E-state index in [1.54, 1.807) is 0 Å². The van der Waals surface area contributed by atoms with Gasteiger partial charge in [0.25, 0.3) is 0 Å². The van der Waals surface area contributed by atoms with Gasteiger partial charge in [-0.1, -0.05) is 20.8 Å². The molecule has 1 atom stereocenters. The van der Waals surface area contributed by atoms with Gasteiger partial charge in [0.1, 0.15) is 6.04 Å². The van der Waals surface area contributed by atoms with Crippen LogP contribution in [0.1, 0.15) is 20.8 Å². The highest BCUT2D eigenvalue weighted by Crippen LogP contribution is 1.97. The average Bonchev–Trinajstić information content (AvgIpc) is 2.01. The van der Waals surface area contributed by atoms with Gasteiger partial charge in [0.05, 0.1) is 0 Å². The Morgan fingerprint density at radius 2 is 2.00 bits per heavy atom. The number of rotatable bonds is 7. The van der Waals surface area contributed by atoms with Crippen LogP contribution in [0, 0.1) is 5.92 Å². The first kappa shape index (κ1) is 13.4. The van der Waals surface area contributed by atoms with Gasteiger partial charge in [0.15, 0.2) is 0 Å². The van der Waals surface area contributed by atoms with E-state index in [2.05, 4.69) is 19.2 Å². The topological polar surface area (TPSA) is 52.6 Å². The molecule has 1 unspecified atom stereocenters. The van der Waals surface area contributed by atoms with Crippen LogP contribution in [-0.4, -0.2) is 48.7 Å². The first-order valence-electron chi connectivity index (χ1n) is 5.12. The molecule has 4 nitrogen and oxygen atoms in total. The number of carbonyl (C=O) groups is 1. The predicted molar refractivity (Wildman–Crippen MR) is 57.4 cm³/mol. The summed E-state index contributed by atoms with van der Waals surface area (Å²) in [6, 6.07) is -0.455. The molecule has 14 heavy (non-hydrogen) atoms. The summed E-state index contributed by atoms with van der Waals surface area (Å²) in [5.74, 6) is -0.210. The van der Waals surface area contributed by atoms with Crippen LogP contribution in [0.2, 0.25) is 0 Å². The number of carboxylic acids is 1. The lowest BCUT2D eigenvalue weighted by molar-refractivity contribution is -0.139. The Kier molecular flexibility index (Phi) is 6.49. The fraction of sp³-hybridized carbons (Fsp3) is 0.900. The van der Waals surface area contributed by atoms with Crippen molar-refractivity contribution in [1.29, 1.82) is 0 Å². The minimum atomic E-state index is -0.776. The van der Waals surface area contributed by atoms with E-state index in [9.17, 15) is 4.79 Å². The summed E-state index contributed by atoms with van der Waals surface area (Å²) in [6.07, 6.45) is 0. The Hall–Kier alpha value is -0.610. The zero-order chi connectivity index (χ0) is 11.1. The zero-order valence-electron chi connectivity index (χ0n) is 9.58. The first-order valence-corrected chi connectivity index (χ1v) is 5.12. The summed E-state index contributed by atoms with van der Waals surface area (Å²) in [5, 5.41) is 11.8. The van der Waals surface area contributed by atoms with Gasteiger partial charge >= 0.3 is 5.97 Å². The van der Waals surface area contributed by atoms with Crippen LogP contribution in [0.15, 0.2) is 0 Å². The van der Waals surface area contributed by atoms with E-state index in [-0.39, 0.29) is 0 Å². The summed E-state index contributed by atoms with van der Waals surface area (Å²) in [7, 11) is 1.95. The Bertz CT molecular complexity index is 172. The lowest BCUT2D eigenvalue weighted by atomic mass is 10.2. The smallest absolute Gasteiger partial charge is 0.322 e. The number of aliphatic carboxylic acids is 1. The van der Waals surface area contributed by atoms with Crippen LogP contribution in [0.3, 0.4) is 0 Å². The van der Waals surface area contributed by atoms with E-state index >= 15 is 0 Å². The van der Waals surface area contributed by atoms with Crippen molar-refractivity contribution in [2.75, 3.05) is 26.7 Å². The van der Waals surface area contributed by atoms with Gasteiger partial charge in [0.2, 0.25) is 0 Å².